The standard InChI is InChI=1S/C27H27N7O2/c28-25-24-23(32-26(34(24)13-11-30-25)21-2-1-12-33(15-21)16-35)18-5-7-19(8-6-18)27(36)31-22-14-20(9-10-29-22)17-3-4-17/h5-11,13-14,16-17,21H,1-4,12,15H2,(H2,28,30)(H,29,31,36). The summed E-state index contributed by atoms with van der Waals surface area (Å²) in [5.41, 5.74) is 10.3. The van der Waals surface area contributed by atoms with Crippen LogP contribution in [-0.2, 0) is 4.79 Å². The minimum atomic E-state index is -0.213. The summed E-state index contributed by atoms with van der Waals surface area (Å²) in [5.74, 6) is 2.30. The lowest BCUT2D eigenvalue weighted by Crippen LogP contribution is -2.33. The van der Waals surface area contributed by atoms with E-state index in [0.29, 0.717) is 35.4 Å². The van der Waals surface area contributed by atoms with Crippen molar-refractivity contribution in [3.05, 3.63) is 71.9 Å². The molecule has 1 saturated carbocycles. The normalized spacial score (nSPS) is 17.8. The maximum atomic E-state index is 12.9. The molecule has 0 bridgehead atoms. The number of rotatable bonds is 6. The number of nitrogens with two attached hydrogens (primary N) is 1. The van der Waals surface area contributed by atoms with Crippen molar-refractivity contribution in [2.24, 2.45) is 0 Å². The van der Waals surface area contributed by atoms with Crippen molar-refractivity contribution in [1.82, 2.24) is 24.3 Å². The molecule has 9 heteroatoms. The molecule has 2 amide bonds. The minimum Gasteiger partial charge on any atom is -0.382 e. The Hall–Kier alpha value is -4.27. The van der Waals surface area contributed by atoms with E-state index in [9.17, 15) is 9.59 Å². The summed E-state index contributed by atoms with van der Waals surface area (Å²) in [7, 11) is 0. The molecule has 2 fully saturated rings. The number of benzene rings is 1. The molecule has 9 nitrogen and oxygen atoms in total. The summed E-state index contributed by atoms with van der Waals surface area (Å²) < 4.78 is 1.98. The van der Waals surface area contributed by atoms with Gasteiger partial charge in [0.2, 0.25) is 6.41 Å². The average molecular weight is 482 g/mol. The quantitative estimate of drug-likeness (QED) is 0.404. The smallest absolute Gasteiger partial charge is 0.256 e. The number of hydrogen-bond acceptors (Lipinski definition) is 6. The van der Waals surface area contributed by atoms with Crippen molar-refractivity contribution < 1.29 is 9.59 Å². The molecule has 1 unspecified atom stereocenters. The zero-order valence-corrected chi connectivity index (χ0v) is 19.8. The maximum Gasteiger partial charge on any atom is 0.256 e. The zero-order valence-electron chi connectivity index (χ0n) is 19.8. The van der Waals surface area contributed by atoms with Crippen molar-refractivity contribution in [3.8, 4) is 11.3 Å². The number of likely N-dealkylation sites (tertiary alicyclic amines) is 1. The number of anilines is 2. The van der Waals surface area contributed by atoms with Crippen LogP contribution in [0.15, 0.2) is 55.0 Å². The first-order valence-electron chi connectivity index (χ1n) is 12.3. The topological polar surface area (TPSA) is 119 Å². The van der Waals surface area contributed by atoms with E-state index in [1.54, 1.807) is 29.4 Å². The molecular formula is C27H27N7O2. The summed E-state index contributed by atoms with van der Waals surface area (Å²) in [6, 6.07) is 11.3. The largest absolute Gasteiger partial charge is 0.382 e. The van der Waals surface area contributed by atoms with E-state index in [2.05, 4.69) is 15.3 Å². The van der Waals surface area contributed by atoms with Gasteiger partial charge in [-0.2, -0.15) is 0 Å². The Morgan fingerprint density at radius 1 is 1.06 bits per heavy atom. The van der Waals surface area contributed by atoms with Crippen molar-refractivity contribution in [2.45, 2.75) is 37.5 Å². The van der Waals surface area contributed by atoms with Gasteiger partial charge < -0.3 is 16.0 Å². The molecule has 1 saturated heterocycles. The minimum absolute atomic E-state index is 0.107. The number of nitrogens with one attached hydrogen (secondary N) is 1. The van der Waals surface area contributed by atoms with Gasteiger partial charge in [-0.15, -0.1) is 0 Å². The maximum absolute atomic E-state index is 12.9. The highest BCUT2D eigenvalue weighted by Crippen LogP contribution is 2.40. The fourth-order valence-corrected chi connectivity index (χ4v) is 5.04. The third-order valence-electron chi connectivity index (χ3n) is 7.07. The Morgan fingerprint density at radius 3 is 2.67 bits per heavy atom. The number of pyridine rings is 1. The number of piperidine rings is 1. The third kappa shape index (κ3) is 4.17. The van der Waals surface area contributed by atoms with Gasteiger partial charge in [-0.05, 0) is 61.4 Å². The van der Waals surface area contributed by atoms with Crippen molar-refractivity contribution in [1.29, 1.82) is 0 Å². The van der Waals surface area contributed by atoms with Crippen LogP contribution >= 0.6 is 0 Å². The summed E-state index contributed by atoms with van der Waals surface area (Å²) in [6.07, 6.45) is 10.4. The highest BCUT2D eigenvalue weighted by molar-refractivity contribution is 6.04. The first-order chi connectivity index (χ1) is 17.6. The molecule has 0 spiro atoms. The van der Waals surface area contributed by atoms with Gasteiger partial charge in [0, 0.05) is 48.7 Å². The molecular weight excluding hydrogens is 454 g/mol. The number of nitrogen functional groups attached to an aromatic ring is 1. The lowest BCUT2D eigenvalue weighted by atomic mass is 9.98. The average Bonchev–Trinajstić information content (AvgIpc) is 3.69. The van der Waals surface area contributed by atoms with E-state index in [-0.39, 0.29) is 11.8 Å². The lowest BCUT2D eigenvalue weighted by Gasteiger charge is -2.29. The number of aromatic nitrogens is 4. The Labute approximate surface area is 208 Å². The van der Waals surface area contributed by atoms with Crippen LogP contribution in [0.1, 0.15) is 59.3 Å². The number of nitrogens with zero attached hydrogens (tertiary/aromatic N) is 5. The summed E-state index contributed by atoms with van der Waals surface area (Å²) in [6.45, 7) is 1.39. The predicted octanol–water partition coefficient (Wildman–Crippen LogP) is 3.84. The second-order valence-electron chi connectivity index (χ2n) is 9.57. The van der Waals surface area contributed by atoms with Gasteiger partial charge >= 0.3 is 0 Å². The number of carbonyl (C=O) groups excluding carboxylic acids is 2. The zero-order chi connectivity index (χ0) is 24.6. The molecule has 4 aromatic rings. The molecule has 3 aromatic heterocycles. The lowest BCUT2D eigenvalue weighted by molar-refractivity contribution is -0.119. The molecule has 3 N–H and O–H groups in total. The Kier molecular flexibility index (Phi) is 5.59. The van der Waals surface area contributed by atoms with Gasteiger partial charge in [-0.1, -0.05) is 12.1 Å². The van der Waals surface area contributed by atoms with Gasteiger partial charge in [-0.25, -0.2) is 15.0 Å². The number of carbonyl (C=O) groups is 2. The first kappa shape index (κ1) is 22.2. The van der Waals surface area contributed by atoms with Crippen LogP contribution in [0.25, 0.3) is 16.8 Å². The van der Waals surface area contributed by atoms with Crippen LogP contribution in [0.5, 0.6) is 0 Å². The molecule has 4 heterocycles. The van der Waals surface area contributed by atoms with Crippen LogP contribution in [0.2, 0.25) is 0 Å². The van der Waals surface area contributed by atoms with Gasteiger partial charge in [-0.3, -0.25) is 14.0 Å². The third-order valence-corrected chi connectivity index (χ3v) is 7.07. The highest BCUT2D eigenvalue weighted by Gasteiger charge is 2.27. The van der Waals surface area contributed by atoms with E-state index in [1.165, 1.54) is 18.4 Å². The van der Waals surface area contributed by atoms with E-state index >= 15 is 0 Å². The van der Waals surface area contributed by atoms with E-state index < -0.39 is 0 Å². The Bertz CT molecular complexity index is 1440. The molecule has 0 radical (unpaired) electrons. The van der Waals surface area contributed by atoms with Crippen molar-refractivity contribution in [2.75, 3.05) is 24.1 Å². The highest BCUT2D eigenvalue weighted by atomic mass is 16.1. The SMILES string of the molecule is Nc1nccn2c(C3CCCN(C=O)C3)nc(-c3ccc(C(=O)Nc4cc(C5CC5)ccn4)cc3)c12. The molecule has 1 aromatic carbocycles. The predicted molar refractivity (Wildman–Crippen MR) is 137 cm³/mol. The van der Waals surface area contributed by atoms with Crippen molar-refractivity contribution >= 4 is 29.5 Å². The first-order valence-corrected chi connectivity index (χ1v) is 12.3. The molecule has 1 aliphatic heterocycles. The summed E-state index contributed by atoms with van der Waals surface area (Å²) >= 11 is 0. The number of amides is 2. The Morgan fingerprint density at radius 2 is 1.89 bits per heavy atom. The molecule has 36 heavy (non-hydrogen) atoms. The number of hydrogen-bond donors (Lipinski definition) is 2. The van der Waals surface area contributed by atoms with Gasteiger partial charge in [0.1, 0.15) is 28.7 Å². The molecule has 2 aliphatic rings. The van der Waals surface area contributed by atoms with Crippen LogP contribution in [0, 0.1) is 0 Å². The molecule has 1 atom stereocenters. The van der Waals surface area contributed by atoms with E-state index in [0.717, 1.165) is 42.7 Å². The number of fused-ring (bicyclic) bond motifs is 1. The van der Waals surface area contributed by atoms with Crippen LogP contribution in [0.4, 0.5) is 11.6 Å². The van der Waals surface area contributed by atoms with Gasteiger partial charge in [0.25, 0.3) is 5.91 Å². The summed E-state index contributed by atoms with van der Waals surface area (Å²) in [4.78, 5) is 39.6. The monoisotopic (exact) mass is 481 g/mol. The second-order valence-corrected chi connectivity index (χ2v) is 9.57. The molecule has 182 valence electrons. The van der Waals surface area contributed by atoms with Crippen molar-refractivity contribution in [3.63, 3.8) is 0 Å². The Balaban J connectivity index is 1.28. The van der Waals surface area contributed by atoms with E-state index in [1.807, 2.05) is 34.9 Å². The van der Waals surface area contributed by atoms with E-state index in [4.69, 9.17) is 10.7 Å². The fraction of sp³-hybridized carbons (Fsp3) is 0.296. The van der Waals surface area contributed by atoms with Gasteiger partial charge in [0.15, 0.2) is 0 Å². The molecule has 6 rings (SSSR count). The van der Waals surface area contributed by atoms with Crippen LogP contribution in [-0.4, -0.2) is 49.7 Å². The summed E-state index contributed by atoms with van der Waals surface area (Å²) in [5, 5.41) is 2.90. The van der Waals surface area contributed by atoms with Gasteiger partial charge in [0.05, 0.1) is 0 Å². The van der Waals surface area contributed by atoms with Crippen LogP contribution in [0.3, 0.4) is 0 Å². The molecule has 1 aliphatic carbocycles. The second kappa shape index (κ2) is 9.07. The fourth-order valence-electron chi connectivity index (χ4n) is 5.04. The number of imidazole rings is 1. The van der Waals surface area contributed by atoms with Crippen LogP contribution < -0.4 is 11.1 Å².